The molecule has 7 heteroatoms. The molecule has 2 aromatic rings. The van der Waals surface area contributed by atoms with Crippen LogP contribution in [0.2, 0.25) is 0 Å². The number of hydrazone groups is 1. The van der Waals surface area contributed by atoms with Crippen LogP contribution in [0.3, 0.4) is 0 Å². The molecule has 1 amide bonds. The molecule has 0 saturated heterocycles. The van der Waals surface area contributed by atoms with Crippen molar-refractivity contribution in [3.63, 3.8) is 0 Å². The monoisotopic (exact) mass is 327 g/mol. The van der Waals surface area contributed by atoms with Crippen LogP contribution in [0.15, 0.2) is 53.6 Å². The second-order valence-corrected chi connectivity index (χ2v) is 5.25. The third-order valence-electron chi connectivity index (χ3n) is 2.93. The van der Waals surface area contributed by atoms with E-state index in [1.807, 2.05) is 32.0 Å². The predicted octanol–water partition coefficient (Wildman–Crippen LogP) is 3.15. The van der Waals surface area contributed by atoms with Crippen molar-refractivity contribution in [3.05, 3.63) is 69.8 Å². The minimum atomic E-state index is -0.555. The van der Waals surface area contributed by atoms with E-state index in [1.165, 1.54) is 30.5 Å². The smallest absolute Gasteiger partial charge is 0.271 e. The summed E-state index contributed by atoms with van der Waals surface area (Å²) in [4.78, 5) is 22.1. The molecule has 2 aromatic carbocycles. The zero-order valence-corrected chi connectivity index (χ0v) is 13.3. The first-order valence-corrected chi connectivity index (χ1v) is 7.30. The standard InChI is InChI=1S/C17H17N3O4/c1-12(2)24-16-8-3-5-13(9-16)11-18-19-17(21)14-6-4-7-15(10-14)20(22)23/h3-12H,1-2H3,(H,19,21)/b18-11+. The Hall–Kier alpha value is -3.22. The van der Waals surface area contributed by atoms with Gasteiger partial charge in [0, 0.05) is 17.7 Å². The van der Waals surface area contributed by atoms with E-state index < -0.39 is 10.8 Å². The Morgan fingerprint density at radius 2 is 2.00 bits per heavy atom. The molecule has 0 bridgehead atoms. The van der Waals surface area contributed by atoms with Crippen molar-refractivity contribution in [2.45, 2.75) is 20.0 Å². The highest BCUT2D eigenvalue weighted by molar-refractivity contribution is 5.95. The van der Waals surface area contributed by atoms with E-state index >= 15 is 0 Å². The summed E-state index contributed by atoms with van der Waals surface area (Å²) in [7, 11) is 0. The van der Waals surface area contributed by atoms with Crippen LogP contribution in [0.25, 0.3) is 0 Å². The maximum atomic E-state index is 11.9. The molecule has 0 unspecified atom stereocenters. The summed E-state index contributed by atoms with van der Waals surface area (Å²) in [6.07, 6.45) is 1.54. The van der Waals surface area contributed by atoms with Crippen molar-refractivity contribution in [1.82, 2.24) is 5.43 Å². The fourth-order valence-electron chi connectivity index (χ4n) is 1.93. The number of ether oxygens (including phenoxy) is 1. The van der Waals surface area contributed by atoms with Crippen LogP contribution < -0.4 is 10.2 Å². The summed E-state index contributed by atoms with van der Waals surface area (Å²) >= 11 is 0. The molecule has 0 spiro atoms. The van der Waals surface area contributed by atoms with Crippen LogP contribution in [0, 0.1) is 10.1 Å². The van der Waals surface area contributed by atoms with Gasteiger partial charge in [0.25, 0.3) is 11.6 Å². The Morgan fingerprint density at radius 3 is 2.71 bits per heavy atom. The Bertz CT molecular complexity index is 772. The fourth-order valence-corrected chi connectivity index (χ4v) is 1.93. The molecular formula is C17H17N3O4. The number of hydrogen-bond acceptors (Lipinski definition) is 5. The second-order valence-electron chi connectivity index (χ2n) is 5.25. The number of non-ortho nitro benzene ring substituents is 1. The van der Waals surface area contributed by atoms with E-state index in [9.17, 15) is 14.9 Å². The maximum Gasteiger partial charge on any atom is 0.271 e. The van der Waals surface area contributed by atoms with Gasteiger partial charge in [-0.15, -0.1) is 0 Å². The van der Waals surface area contributed by atoms with Gasteiger partial charge >= 0.3 is 0 Å². The number of amides is 1. The lowest BCUT2D eigenvalue weighted by Gasteiger charge is -2.09. The number of nitrogens with one attached hydrogen (secondary N) is 1. The van der Waals surface area contributed by atoms with Gasteiger partial charge in [0.1, 0.15) is 5.75 Å². The third kappa shape index (κ3) is 4.91. The van der Waals surface area contributed by atoms with Gasteiger partial charge in [-0.25, -0.2) is 5.43 Å². The minimum absolute atomic E-state index is 0.0609. The highest BCUT2D eigenvalue weighted by Gasteiger charge is 2.10. The Labute approximate surface area is 139 Å². The molecule has 0 aliphatic rings. The summed E-state index contributed by atoms with van der Waals surface area (Å²) in [5.74, 6) is 0.184. The average molecular weight is 327 g/mol. The highest BCUT2D eigenvalue weighted by atomic mass is 16.6. The first kappa shape index (κ1) is 17.1. The van der Waals surface area contributed by atoms with Crippen molar-refractivity contribution in [2.75, 3.05) is 0 Å². The van der Waals surface area contributed by atoms with Gasteiger partial charge in [-0.05, 0) is 37.6 Å². The summed E-state index contributed by atoms with van der Waals surface area (Å²) in [6, 6.07) is 12.7. The van der Waals surface area contributed by atoms with E-state index in [1.54, 1.807) is 6.07 Å². The van der Waals surface area contributed by atoms with Gasteiger partial charge < -0.3 is 4.74 Å². The van der Waals surface area contributed by atoms with Crippen molar-refractivity contribution in [3.8, 4) is 5.75 Å². The molecule has 0 aromatic heterocycles. The molecule has 0 heterocycles. The summed E-state index contributed by atoms with van der Waals surface area (Å²) < 4.78 is 5.57. The van der Waals surface area contributed by atoms with Gasteiger partial charge in [-0.3, -0.25) is 14.9 Å². The lowest BCUT2D eigenvalue weighted by molar-refractivity contribution is -0.384. The number of nitrogens with zero attached hydrogens (tertiary/aromatic N) is 2. The van der Waals surface area contributed by atoms with Gasteiger partial charge in [0.15, 0.2) is 0 Å². The summed E-state index contributed by atoms with van der Waals surface area (Å²) in [5, 5.41) is 14.6. The Morgan fingerprint density at radius 1 is 1.25 bits per heavy atom. The Kier molecular flexibility index (Phi) is 5.62. The SMILES string of the molecule is CC(C)Oc1cccc(/C=N/NC(=O)c2cccc([N+](=O)[O-])c2)c1. The van der Waals surface area contributed by atoms with Crippen LogP contribution in [0.4, 0.5) is 5.69 Å². The lowest BCUT2D eigenvalue weighted by atomic mass is 10.2. The van der Waals surface area contributed by atoms with Crippen molar-refractivity contribution < 1.29 is 14.5 Å². The molecule has 0 fully saturated rings. The van der Waals surface area contributed by atoms with Crippen molar-refractivity contribution in [1.29, 1.82) is 0 Å². The zero-order valence-electron chi connectivity index (χ0n) is 13.3. The topological polar surface area (TPSA) is 93.8 Å². The van der Waals surface area contributed by atoms with Crippen molar-refractivity contribution in [2.24, 2.45) is 5.10 Å². The number of nitro benzene ring substituents is 1. The van der Waals surface area contributed by atoms with Gasteiger partial charge in [-0.1, -0.05) is 18.2 Å². The second kappa shape index (κ2) is 7.87. The van der Waals surface area contributed by atoms with Crippen LogP contribution >= 0.6 is 0 Å². The third-order valence-corrected chi connectivity index (χ3v) is 2.93. The van der Waals surface area contributed by atoms with E-state index in [-0.39, 0.29) is 17.4 Å². The molecule has 24 heavy (non-hydrogen) atoms. The van der Waals surface area contributed by atoms with E-state index in [0.717, 1.165) is 5.56 Å². The normalized spacial score (nSPS) is 10.8. The predicted molar refractivity (Wildman–Crippen MR) is 90.4 cm³/mol. The van der Waals surface area contributed by atoms with Crippen LogP contribution in [-0.4, -0.2) is 23.1 Å². The lowest BCUT2D eigenvalue weighted by Crippen LogP contribution is -2.17. The molecule has 0 atom stereocenters. The fraction of sp³-hybridized carbons (Fsp3) is 0.176. The largest absolute Gasteiger partial charge is 0.491 e. The Balaban J connectivity index is 2.02. The number of carbonyl (C=O) groups excluding carboxylic acids is 1. The van der Waals surface area contributed by atoms with Crippen LogP contribution in [0.5, 0.6) is 5.75 Å². The van der Waals surface area contributed by atoms with Crippen LogP contribution in [0.1, 0.15) is 29.8 Å². The molecule has 1 N–H and O–H groups in total. The van der Waals surface area contributed by atoms with E-state index in [0.29, 0.717) is 5.75 Å². The molecule has 2 rings (SSSR count). The summed E-state index contributed by atoms with van der Waals surface area (Å²) in [5.41, 5.74) is 3.11. The maximum absolute atomic E-state index is 11.9. The molecule has 0 aliphatic heterocycles. The molecular weight excluding hydrogens is 310 g/mol. The van der Waals surface area contributed by atoms with Gasteiger partial charge in [0.2, 0.25) is 0 Å². The molecule has 7 nitrogen and oxygen atoms in total. The molecule has 0 saturated carbocycles. The average Bonchev–Trinajstić information content (AvgIpc) is 2.54. The molecule has 124 valence electrons. The number of hydrogen-bond donors (Lipinski definition) is 1. The van der Waals surface area contributed by atoms with Crippen LogP contribution in [-0.2, 0) is 0 Å². The van der Waals surface area contributed by atoms with E-state index in [2.05, 4.69) is 10.5 Å². The first-order valence-electron chi connectivity index (χ1n) is 7.30. The van der Waals surface area contributed by atoms with E-state index in [4.69, 9.17) is 4.74 Å². The highest BCUT2D eigenvalue weighted by Crippen LogP contribution is 2.14. The number of nitro groups is 1. The molecule has 0 aliphatic carbocycles. The number of rotatable bonds is 6. The number of benzene rings is 2. The van der Waals surface area contributed by atoms with Crippen molar-refractivity contribution >= 4 is 17.8 Å². The number of carbonyl (C=O) groups is 1. The van der Waals surface area contributed by atoms with Gasteiger partial charge in [-0.2, -0.15) is 5.10 Å². The first-order chi connectivity index (χ1) is 11.5. The summed E-state index contributed by atoms with van der Waals surface area (Å²) in [6.45, 7) is 3.86. The van der Waals surface area contributed by atoms with Gasteiger partial charge in [0.05, 0.1) is 17.2 Å². The minimum Gasteiger partial charge on any atom is -0.491 e. The molecule has 0 radical (unpaired) electrons. The quantitative estimate of drug-likeness (QED) is 0.501. The zero-order chi connectivity index (χ0) is 17.5.